The van der Waals surface area contributed by atoms with Crippen LogP contribution in [0.4, 0.5) is 0 Å². The first-order valence-corrected chi connectivity index (χ1v) is 23.8. The Labute approximate surface area is 374 Å². The van der Waals surface area contributed by atoms with Crippen LogP contribution in [0.25, 0.3) is 0 Å². The van der Waals surface area contributed by atoms with Crippen molar-refractivity contribution < 1.29 is 58.4 Å². The molecule has 1 aromatic rings. The Morgan fingerprint density at radius 1 is 0.825 bits per heavy atom. The van der Waals surface area contributed by atoms with Crippen LogP contribution in [0.5, 0.6) is 0 Å². The van der Waals surface area contributed by atoms with Crippen LogP contribution in [-0.2, 0) is 33.2 Å². The largest absolute Gasteiger partial charge is 0.455 e. The van der Waals surface area contributed by atoms with E-state index in [0.29, 0.717) is 19.5 Å². The van der Waals surface area contributed by atoms with Gasteiger partial charge in [-0.2, -0.15) is 0 Å². The first-order chi connectivity index (χ1) is 30.4. The number of esters is 2. The first-order valence-electron chi connectivity index (χ1n) is 23.8. The number of methoxy groups -OCH3 is 4. The van der Waals surface area contributed by atoms with E-state index >= 15 is 0 Å². The van der Waals surface area contributed by atoms with Crippen molar-refractivity contribution in [2.75, 3.05) is 48.1 Å². The summed E-state index contributed by atoms with van der Waals surface area (Å²) in [6.07, 6.45) is 12.8. The number of unbranched alkanes of at least 4 members (excludes halogenated alkanes) is 8. The number of allylic oxidation sites excluding steroid dienone is 4. The lowest BCUT2D eigenvalue weighted by Crippen LogP contribution is -2.85. The third-order valence-electron chi connectivity index (χ3n) is 16.5. The summed E-state index contributed by atoms with van der Waals surface area (Å²) in [5.74, 6) is -4.20. The molecule has 13 nitrogen and oxygen atoms in total. The molecule has 6 fully saturated rings. The number of ether oxygens (including phenoxy) is 6. The molecule has 0 amide bonds. The van der Waals surface area contributed by atoms with Gasteiger partial charge in [0, 0.05) is 83.0 Å². The van der Waals surface area contributed by atoms with Gasteiger partial charge in [-0.15, -0.1) is 0 Å². The molecule has 4 N–H and O–H groups in total. The van der Waals surface area contributed by atoms with E-state index in [-0.39, 0.29) is 25.0 Å². The van der Waals surface area contributed by atoms with Crippen LogP contribution < -0.4 is 0 Å². The van der Waals surface area contributed by atoms with Crippen molar-refractivity contribution in [1.29, 1.82) is 0 Å². The number of rotatable bonds is 23. The maximum Gasteiger partial charge on any atom is 0.338 e. The topological polar surface area (TPSA) is 174 Å². The lowest BCUT2D eigenvalue weighted by atomic mass is 9.40. The number of hydrogen-bond acceptors (Lipinski definition) is 13. The predicted octanol–water partition coefficient (Wildman–Crippen LogP) is 5.56. The van der Waals surface area contributed by atoms with Gasteiger partial charge in [-0.25, -0.2) is 4.79 Å². The van der Waals surface area contributed by atoms with Crippen molar-refractivity contribution in [1.82, 2.24) is 4.90 Å². The monoisotopic (exact) mass is 882 g/mol. The van der Waals surface area contributed by atoms with Gasteiger partial charge >= 0.3 is 11.9 Å². The third-order valence-corrected chi connectivity index (χ3v) is 16.5. The fraction of sp³-hybridized carbons (Fsp3) is 0.760. The van der Waals surface area contributed by atoms with Gasteiger partial charge in [0.2, 0.25) is 0 Å². The number of benzene rings is 1. The van der Waals surface area contributed by atoms with Crippen molar-refractivity contribution in [2.45, 2.75) is 163 Å². The fourth-order valence-electron chi connectivity index (χ4n) is 14.4. The van der Waals surface area contributed by atoms with Crippen molar-refractivity contribution >= 4 is 11.9 Å². The smallest absolute Gasteiger partial charge is 0.338 e. The lowest BCUT2D eigenvalue weighted by molar-refractivity contribution is -0.355. The number of carbonyl (C=O) groups excluding carboxylic acids is 2. The van der Waals surface area contributed by atoms with Crippen LogP contribution in [0.3, 0.4) is 0 Å². The highest BCUT2D eigenvalue weighted by atomic mass is 16.6. The molecule has 1 aliphatic heterocycles. The Balaban J connectivity index is 1.22. The molecule has 63 heavy (non-hydrogen) atoms. The highest BCUT2D eigenvalue weighted by molar-refractivity contribution is 5.89. The van der Waals surface area contributed by atoms with Crippen molar-refractivity contribution in [3.63, 3.8) is 0 Å². The Bertz CT molecular complexity index is 1780. The number of likely N-dealkylation sites (tertiary alicyclic amines) is 1. The third kappa shape index (κ3) is 7.48. The molecule has 1 heterocycles. The SMILES string of the molecule is CCCCC/C=C\C/C=C\CCCCCCCC(=O)O[C@@]12[C@H]3[C@H](OC)[C@@H]4[C@]5(COC)CN(CC)[C@H]3[C@]4([C@@H](OC)CC5O)[C@]3(O)C[C@](O)([C@H](OC(=O)c4ccccc4)[C@H]13)[C@@H](OC)[C@@H]2O. The quantitative estimate of drug-likeness (QED) is 0.0613. The lowest BCUT2D eigenvalue weighted by Gasteiger charge is -2.72. The average Bonchev–Trinajstić information content (AvgIpc) is 3.63. The summed E-state index contributed by atoms with van der Waals surface area (Å²) in [5.41, 5.74) is -8.26. The maximum absolute atomic E-state index is 14.6. The minimum absolute atomic E-state index is 0.0502. The van der Waals surface area contributed by atoms with Gasteiger partial charge in [-0.1, -0.05) is 88.5 Å². The zero-order valence-electron chi connectivity index (χ0n) is 38.5. The Hall–Kier alpha value is -2.72. The maximum atomic E-state index is 14.6. The second-order valence-corrected chi connectivity index (χ2v) is 19.5. The number of piperidine rings is 1. The van der Waals surface area contributed by atoms with Crippen LogP contribution in [-0.4, -0.2) is 145 Å². The number of carbonyl (C=O) groups is 2. The molecule has 352 valence electrons. The Kier molecular flexibility index (Phi) is 15.0. The molecule has 6 aliphatic rings. The second kappa shape index (κ2) is 19.6. The van der Waals surface area contributed by atoms with Gasteiger partial charge in [-0.05, 0) is 57.2 Å². The molecular weight excluding hydrogens is 807 g/mol. The van der Waals surface area contributed by atoms with Gasteiger partial charge in [0.15, 0.2) is 5.60 Å². The molecule has 5 aliphatic carbocycles. The molecule has 1 unspecified atom stereocenters. The molecule has 1 spiro atoms. The number of fused-ring (bicyclic) bond motifs is 2. The summed E-state index contributed by atoms with van der Waals surface area (Å²) in [6, 6.07) is 7.75. The Morgan fingerprint density at radius 2 is 1.51 bits per heavy atom. The van der Waals surface area contributed by atoms with E-state index in [2.05, 4.69) is 36.1 Å². The number of hydrogen-bond donors (Lipinski definition) is 4. The molecule has 15 atom stereocenters. The highest BCUT2D eigenvalue weighted by Gasteiger charge is 2.96. The van der Waals surface area contributed by atoms with Crippen molar-refractivity contribution in [3.05, 3.63) is 60.2 Å². The summed E-state index contributed by atoms with van der Waals surface area (Å²) in [6.45, 7) is 5.18. The van der Waals surface area contributed by atoms with Crippen LogP contribution in [0.15, 0.2) is 54.6 Å². The Morgan fingerprint density at radius 3 is 2.14 bits per heavy atom. The van der Waals surface area contributed by atoms with Crippen molar-refractivity contribution in [3.8, 4) is 0 Å². The zero-order chi connectivity index (χ0) is 45.2. The van der Waals surface area contributed by atoms with E-state index < -0.39 is 106 Å². The zero-order valence-corrected chi connectivity index (χ0v) is 38.5. The van der Waals surface area contributed by atoms with Crippen LogP contribution in [0.2, 0.25) is 0 Å². The minimum Gasteiger partial charge on any atom is -0.455 e. The van der Waals surface area contributed by atoms with Crippen molar-refractivity contribution in [2.24, 2.45) is 28.6 Å². The summed E-state index contributed by atoms with van der Waals surface area (Å²) in [5, 5.41) is 52.6. The fourth-order valence-corrected chi connectivity index (χ4v) is 14.4. The molecule has 0 radical (unpaired) electrons. The molecular formula is C50H75NO12. The van der Waals surface area contributed by atoms with Gasteiger partial charge in [-0.3, -0.25) is 9.69 Å². The normalized spacial score (nSPS) is 41.1. The highest BCUT2D eigenvalue weighted by Crippen LogP contribution is 2.82. The van der Waals surface area contributed by atoms with Gasteiger partial charge in [0.05, 0.1) is 42.0 Å². The summed E-state index contributed by atoms with van der Waals surface area (Å²) in [4.78, 5) is 30.9. The summed E-state index contributed by atoms with van der Waals surface area (Å²) in [7, 11) is 6.07. The van der Waals surface area contributed by atoms with Crippen LogP contribution in [0.1, 0.15) is 114 Å². The summed E-state index contributed by atoms with van der Waals surface area (Å²) >= 11 is 0. The number of nitrogens with zero attached hydrogens (tertiary/aromatic N) is 1. The van der Waals surface area contributed by atoms with E-state index in [1.54, 1.807) is 51.7 Å². The van der Waals surface area contributed by atoms with E-state index in [4.69, 9.17) is 28.4 Å². The van der Waals surface area contributed by atoms with E-state index in [1.807, 2.05) is 6.92 Å². The van der Waals surface area contributed by atoms with Crippen LogP contribution in [0, 0.1) is 28.6 Å². The van der Waals surface area contributed by atoms with Gasteiger partial charge in [0.25, 0.3) is 0 Å². The second-order valence-electron chi connectivity index (χ2n) is 19.5. The molecule has 7 rings (SSSR count). The molecule has 13 heteroatoms. The molecule has 1 aromatic carbocycles. The van der Waals surface area contributed by atoms with E-state index in [1.165, 1.54) is 26.4 Å². The molecule has 7 bridgehead atoms. The van der Waals surface area contributed by atoms with E-state index in [9.17, 15) is 30.0 Å². The number of aliphatic hydroxyl groups excluding tert-OH is 2. The van der Waals surface area contributed by atoms with Gasteiger partial charge < -0.3 is 48.8 Å². The summed E-state index contributed by atoms with van der Waals surface area (Å²) < 4.78 is 38.2. The molecule has 5 saturated carbocycles. The average molecular weight is 882 g/mol. The minimum atomic E-state index is -2.14. The predicted molar refractivity (Wildman–Crippen MR) is 236 cm³/mol. The molecule has 1 saturated heterocycles. The van der Waals surface area contributed by atoms with Gasteiger partial charge in [0.1, 0.15) is 23.9 Å². The van der Waals surface area contributed by atoms with E-state index in [0.717, 1.165) is 44.9 Å². The van der Waals surface area contributed by atoms with Crippen LogP contribution >= 0.6 is 0 Å². The standard InChI is InChI=1S/C50H75NO12/c1-7-9-10-11-12-13-14-15-16-17-18-19-20-21-25-28-36(53)63-50-37-38(60-5)39-46(32-58-3)31-51(8-2)41(37)49(39,35(59-4)29-34(46)52)48(57)30-47(56,44(61-6)42(50)54)43(40(48)50)62-45(55)33-26-23-22-24-27-33/h12-13,15-16,22-24,26-27,34-35,37-44,52,54,56-57H,7-11,14,17-21,25,28-32H2,1-6H3/b13-12-,16-15-/t34?,35-,37-,38-,39+,40-,41+,42-,43+,44-,46-,47-,48-,49+,50-/m0/s1. The number of aliphatic hydroxyl groups is 4. The molecule has 0 aromatic heterocycles. The first kappa shape index (κ1) is 48.2.